The van der Waals surface area contributed by atoms with Crippen molar-refractivity contribution in [3.8, 4) is 11.5 Å². The Bertz CT molecular complexity index is 417. The number of nitrogens with zero attached hydrogens (tertiary/aromatic N) is 1. The molecule has 2 rings (SSSR count). The molecule has 1 saturated heterocycles. The van der Waals surface area contributed by atoms with E-state index in [9.17, 15) is 5.11 Å². The summed E-state index contributed by atoms with van der Waals surface area (Å²) in [5, 5.41) is 13.5. The second-order valence-electron chi connectivity index (χ2n) is 5.47. The molecule has 0 amide bonds. The molecule has 4 nitrogen and oxygen atoms in total. The summed E-state index contributed by atoms with van der Waals surface area (Å²) in [5.41, 5.74) is 0.948. The molecule has 1 heterocycles. The predicted molar refractivity (Wildman–Crippen MR) is 81.3 cm³/mol. The Kier molecular flexibility index (Phi) is 5.68. The van der Waals surface area contributed by atoms with Crippen molar-refractivity contribution in [1.82, 2.24) is 10.2 Å². The van der Waals surface area contributed by atoms with Gasteiger partial charge in [0.25, 0.3) is 0 Å². The summed E-state index contributed by atoms with van der Waals surface area (Å²) in [5.74, 6) is 1.16. The predicted octanol–water partition coefficient (Wildman–Crippen LogP) is 2.36. The number of phenolic OH excluding ortho intramolecular Hbond substituents is 1. The van der Waals surface area contributed by atoms with Crippen LogP contribution >= 0.6 is 0 Å². The lowest BCUT2D eigenvalue weighted by Crippen LogP contribution is -2.45. The molecule has 4 heteroatoms. The maximum atomic E-state index is 10.0. The van der Waals surface area contributed by atoms with E-state index >= 15 is 0 Å². The normalized spacial score (nSPS) is 19.2. The summed E-state index contributed by atoms with van der Waals surface area (Å²) in [6.45, 7) is 6.21. The molecule has 1 aromatic rings. The van der Waals surface area contributed by atoms with Gasteiger partial charge in [0.05, 0.1) is 7.11 Å². The summed E-state index contributed by atoms with van der Waals surface area (Å²) in [6, 6.07) is 6.02. The van der Waals surface area contributed by atoms with Gasteiger partial charge in [0.2, 0.25) is 0 Å². The minimum Gasteiger partial charge on any atom is -0.508 e. The molecular formula is C16H26N2O2. The van der Waals surface area contributed by atoms with Crippen molar-refractivity contribution in [3.63, 3.8) is 0 Å². The zero-order valence-electron chi connectivity index (χ0n) is 12.6. The van der Waals surface area contributed by atoms with Gasteiger partial charge >= 0.3 is 0 Å². The molecule has 1 aromatic carbocycles. The van der Waals surface area contributed by atoms with E-state index in [0.717, 1.165) is 43.9 Å². The van der Waals surface area contributed by atoms with Crippen LogP contribution in [0.2, 0.25) is 0 Å². The Balaban J connectivity index is 2.10. The number of ether oxygens (including phenoxy) is 1. The van der Waals surface area contributed by atoms with E-state index in [1.165, 1.54) is 12.8 Å². The molecule has 0 saturated carbocycles. The van der Waals surface area contributed by atoms with Crippen molar-refractivity contribution >= 4 is 0 Å². The van der Waals surface area contributed by atoms with Crippen molar-refractivity contribution in [1.29, 1.82) is 0 Å². The van der Waals surface area contributed by atoms with Gasteiger partial charge < -0.3 is 15.2 Å². The number of piperidine rings is 1. The van der Waals surface area contributed by atoms with Crippen LogP contribution in [-0.4, -0.2) is 42.8 Å². The third-order valence-electron chi connectivity index (χ3n) is 3.96. The summed E-state index contributed by atoms with van der Waals surface area (Å²) in [4.78, 5) is 2.47. The zero-order valence-corrected chi connectivity index (χ0v) is 12.6. The molecule has 0 aliphatic carbocycles. The number of rotatable bonds is 6. The van der Waals surface area contributed by atoms with Gasteiger partial charge in [0.15, 0.2) is 0 Å². The third kappa shape index (κ3) is 3.87. The van der Waals surface area contributed by atoms with Crippen molar-refractivity contribution < 1.29 is 9.84 Å². The summed E-state index contributed by atoms with van der Waals surface area (Å²) in [7, 11) is 1.66. The Morgan fingerprint density at radius 2 is 2.30 bits per heavy atom. The molecular weight excluding hydrogens is 252 g/mol. The maximum Gasteiger partial charge on any atom is 0.120 e. The van der Waals surface area contributed by atoms with Crippen molar-refractivity contribution in [3.05, 3.63) is 23.8 Å². The average molecular weight is 278 g/mol. The van der Waals surface area contributed by atoms with Crippen LogP contribution < -0.4 is 10.1 Å². The number of hydrogen-bond donors (Lipinski definition) is 2. The van der Waals surface area contributed by atoms with Gasteiger partial charge in [-0.05, 0) is 50.6 Å². The molecule has 1 aliphatic heterocycles. The number of phenols is 1. The van der Waals surface area contributed by atoms with E-state index < -0.39 is 0 Å². The largest absolute Gasteiger partial charge is 0.508 e. The quantitative estimate of drug-likeness (QED) is 0.838. The molecule has 112 valence electrons. The van der Waals surface area contributed by atoms with Crippen LogP contribution in [0, 0.1) is 0 Å². The second-order valence-corrected chi connectivity index (χ2v) is 5.47. The number of benzene rings is 1. The maximum absolute atomic E-state index is 10.0. The lowest BCUT2D eigenvalue weighted by atomic mass is 10.0. The van der Waals surface area contributed by atoms with Crippen molar-refractivity contribution in [2.45, 2.75) is 38.8 Å². The SMILES string of the molecule is CCCN(Cc1cc(OC)ccc1O)C1CCCNC1. The first-order valence-electron chi connectivity index (χ1n) is 7.55. The van der Waals surface area contributed by atoms with E-state index in [1.54, 1.807) is 19.2 Å². The second kappa shape index (κ2) is 7.50. The average Bonchev–Trinajstić information content (AvgIpc) is 2.49. The van der Waals surface area contributed by atoms with Crippen LogP contribution in [-0.2, 0) is 6.54 Å². The zero-order chi connectivity index (χ0) is 14.4. The van der Waals surface area contributed by atoms with Gasteiger partial charge in [0, 0.05) is 24.7 Å². The summed E-state index contributed by atoms with van der Waals surface area (Å²) in [6.07, 6.45) is 3.59. The molecule has 1 atom stereocenters. The smallest absolute Gasteiger partial charge is 0.120 e. The minimum absolute atomic E-state index is 0.357. The Morgan fingerprint density at radius 3 is 2.95 bits per heavy atom. The first-order chi connectivity index (χ1) is 9.74. The van der Waals surface area contributed by atoms with E-state index in [2.05, 4.69) is 17.1 Å². The highest BCUT2D eigenvalue weighted by Gasteiger charge is 2.21. The van der Waals surface area contributed by atoms with Gasteiger partial charge in [-0.15, -0.1) is 0 Å². The molecule has 1 aliphatic rings. The molecule has 20 heavy (non-hydrogen) atoms. The fourth-order valence-electron chi connectivity index (χ4n) is 2.86. The minimum atomic E-state index is 0.357. The van der Waals surface area contributed by atoms with E-state index in [0.29, 0.717) is 11.8 Å². The van der Waals surface area contributed by atoms with Crippen LogP contribution in [0.4, 0.5) is 0 Å². The number of hydrogen-bond acceptors (Lipinski definition) is 4. The third-order valence-corrected chi connectivity index (χ3v) is 3.96. The highest BCUT2D eigenvalue weighted by molar-refractivity contribution is 5.39. The lowest BCUT2D eigenvalue weighted by molar-refractivity contribution is 0.156. The highest BCUT2D eigenvalue weighted by atomic mass is 16.5. The van der Waals surface area contributed by atoms with Crippen LogP contribution in [0.15, 0.2) is 18.2 Å². The molecule has 0 radical (unpaired) electrons. The Morgan fingerprint density at radius 1 is 1.45 bits per heavy atom. The van der Waals surface area contributed by atoms with Crippen LogP contribution in [0.3, 0.4) is 0 Å². The van der Waals surface area contributed by atoms with E-state index in [4.69, 9.17) is 4.74 Å². The first-order valence-corrected chi connectivity index (χ1v) is 7.55. The number of aromatic hydroxyl groups is 1. The summed E-state index contributed by atoms with van der Waals surface area (Å²) < 4.78 is 5.25. The highest BCUT2D eigenvalue weighted by Crippen LogP contribution is 2.25. The molecule has 1 unspecified atom stereocenters. The molecule has 2 N–H and O–H groups in total. The van der Waals surface area contributed by atoms with E-state index in [-0.39, 0.29) is 0 Å². The summed E-state index contributed by atoms with van der Waals surface area (Å²) >= 11 is 0. The fraction of sp³-hybridized carbons (Fsp3) is 0.625. The van der Waals surface area contributed by atoms with Crippen molar-refractivity contribution in [2.24, 2.45) is 0 Å². The lowest BCUT2D eigenvalue weighted by Gasteiger charge is -2.34. The number of nitrogens with one attached hydrogen (secondary N) is 1. The van der Waals surface area contributed by atoms with Crippen LogP contribution in [0.25, 0.3) is 0 Å². The topological polar surface area (TPSA) is 44.7 Å². The van der Waals surface area contributed by atoms with Gasteiger partial charge in [0.1, 0.15) is 11.5 Å². The van der Waals surface area contributed by atoms with Gasteiger partial charge in [-0.1, -0.05) is 6.92 Å². The Hall–Kier alpha value is -1.26. The first kappa shape index (κ1) is 15.1. The van der Waals surface area contributed by atoms with Gasteiger partial charge in [-0.25, -0.2) is 0 Å². The van der Waals surface area contributed by atoms with E-state index in [1.807, 2.05) is 6.07 Å². The van der Waals surface area contributed by atoms with Crippen molar-refractivity contribution in [2.75, 3.05) is 26.7 Å². The van der Waals surface area contributed by atoms with Crippen LogP contribution in [0.5, 0.6) is 11.5 Å². The molecule has 0 spiro atoms. The molecule has 0 bridgehead atoms. The van der Waals surface area contributed by atoms with Crippen LogP contribution in [0.1, 0.15) is 31.7 Å². The fourth-order valence-corrected chi connectivity index (χ4v) is 2.86. The van der Waals surface area contributed by atoms with Gasteiger partial charge in [-0.3, -0.25) is 4.90 Å². The standard InChI is InChI=1S/C16H26N2O2/c1-3-9-18(14-5-4-8-17-11-14)12-13-10-15(20-2)6-7-16(13)19/h6-7,10,14,17,19H,3-5,8-9,11-12H2,1-2H3. The molecule has 1 fully saturated rings. The monoisotopic (exact) mass is 278 g/mol. The molecule has 0 aromatic heterocycles. The number of methoxy groups -OCH3 is 1. The Labute approximate surface area is 121 Å². The van der Waals surface area contributed by atoms with Gasteiger partial charge in [-0.2, -0.15) is 0 Å².